The van der Waals surface area contributed by atoms with Crippen molar-refractivity contribution in [2.24, 2.45) is 0 Å². The number of nitrogens with one attached hydrogen (secondary N) is 2. The molecule has 8 heteroatoms. The standard InChI is InChI=1S/C26H28N4O3S/c1-3-5-17-30(4-2)34(32,33)22-15-13-19(14-16-22)26(31)27-21-10-8-9-20(18-21)25-28-23-11-6-7-12-24(23)29-25/h6-16,18H,3-5,17H2,1-2H3,(H,27,31)(H,28,29). The summed E-state index contributed by atoms with van der Waals surface area (Å²) in [5.74, 6) is 0.402. The Hall–Kier alpha value is -3.49. The van der Waals surface area contributed by atoms with E-state index in [-0.39, 0.29) is 10.8 Å². The summed E-state index contributed by atoms with van der Waals surface area (Å²) < 4.78 is 27.3. The first kappa shape index (κ1) is 23.7. The van der Waals surface area contributed by atoms with Crippen molar-refractivity contribution in [1.82, 2.24) is 14.3 Å². The van der Waals surface area contributed by atoms with Crippen LogP contribution in [0, 0.1) is 0 Å². The minimum absolute atomic E-state index is 0.189. The second-order valence-corrected chi connectivity index (χ2v) is 9.95. The van der Waals surface area contributed by atoms with Crippen LogP contribution in [0.2, 0.25) is 0 Å². The maximum Gasteiger partial charge on any atom is 0.255 e. The number of sulfonamides is 1. The van der Waals surface area contributed by atoms with Gasteiger partial charge in [0, 0.05) is 29.9 Å². The molecule has 34 heavy (non-hydrogen) atoms. The highest BCUT2D eigenvalue weighted by Crippen LogP contribution is 2.24. The van der Waals surface area contributed by atoms with Crippen LogP contribution in [-0.4, -0.2) is 41.7 Å². The van der Waals surface area contributed by atoms with Crippen molar-refractivity contribution in [3.63, 3.8) is 0 Å². The number of aromatic amines is 1. The monoisotopic (exact) mass is 476 g/mol. The predicted molar refractivity (Wildman–Crippen MR) is 135 cm³/mol. The molecule has 4 aromatic rings. The van der Waals surface area contributed by atoms with Crippen LogP contribution < -0.4 is 5.32 Å². The number of imidazole rings is 1. The molecule has 2 N–H and O–H groups in total. The Bertz CT molecular complexity index is 1360. The van der Waals surface area contributed by atoms with Crippen molar-refractivity contribution in [2.45, 2.75) is 31.6 Å². The maximum atomic E-state index is 12.9. The van der Waals surface area contributed by atoms with E-state index in [1.807, 2.05) is 56.3 Å². The van der Waals surface area contributed by atoms with Crippen LogP contribution in [-0.2, 0) is 10.0 Å². The smallest absolute Gasteiger partial charge is 0.255 e. The van der Waals surface area contributed by atoms with Crippen LogP contribution in [0.25, 0.3) is 22.4 Å². The van der Waals surface area contributed by atoms with Crippen molar-refractivity contribution < 1.29 is 13.2 Å². The van der Waals surface area contributed by atoms with Gasteiger partial charge in [-0.1, -0.05) is 44.5 Å². The highest BCUT2D eigenvalue weighted by molar-refractivity contribution is 7.89. The molecule has 0 fully saturated rings. The van der Waals surface area contributed by atoms with E-state index in [0.717, 1.165) is 35.3 Å². The van der Waals surface area contributed by atoms with Crippen molar-refractivity contribution in [1.29, 1.82) is 0 Å². The normalized spacial score (nSPS) is 11.7. The Balaban J connectivity index is 1.49. The number of aromatic nitrogens is 2. The summed E-state index contributed by atoms with van der Waals surface area (Å²) in [5.41, 5.74) is 3.67. The van der Waals surface area contributed by atoms with Gasteiger partial charge in [-0.25, -0.2) is 13.4 Å². The average Bonchev–Trinajstić information content (AvgIpc) is 3.29. The van der Waals surface area contributed by atoms with Gasteiger partial charge in [-0.2, -0.15) is 4.31 Å². The lowest BCUT2D eigenvalue weighted by molar-refractivity contribution is 0.102. The van der Waals surface area contributed by atoms with Gasteiger partial charge in [-0.05, 0) is 55.0 Å². The molecule has 1 amide bonds. The maximum absolute atomic E-state index is 12.9. The molecule has 0 aliphatic rings. The Morgan fingerprint density at radius 3 is 2.47 bits per heavy atom. The third-order valence-corrected chi connectivity index (χ3v) is 7.64. The number of benzene rings is 3. The lowest BCUT2D eigenvalue weighted by atomic mass is 10.1. The zero-order valence-electron chi connectivity index (χ0n) is 19.3. The van der Waals surface area contributed by atoms with Gasteiger partial charge in [0.05, 0.1) is 15.9 Å². The summed E-state index contributed by atoms with van der Waals surface area (Å²) in [7, 11) is -3.58. The van der Waals surface area contributed by atoms with E-state index >= 15 is 0 Å². The van der Waals surface area contributed by atoms with Crippen molar-refractivity contribution in [2.75, 3.05) is 18.4 Å². The van der Waals surface area contributed by atoms with E-state index in [1.54, 1.807) is 18.2 Å². The molecule has 0 radical (unpaired) electrons. The molecule has 0 aliphatic heterocycles. The highest BCUT2D eigenvalue weighted by atomic mass is 32.2. The SMILES string of the molecule is CCCCN(CC)S(=O)(=O)c1ccc(C(=O)Nc2cccc(-c3nc4ccccc4[nH]3)c2)cc1. The van der Waals surface area contributed by atoms with E-state index in [4.69, 9.17) is 0 Å². The van der Waals surface area contributed by atoms with Gasteiger partial charge in [-0.3, -0.25) is 4.79 Å². The Kier molecular flexibility index (Phi) is 7.09. The quantitative estimate of drug-likeness (QED) is 0.343. The van der Waals surface area contributed by atoms with E-state index in [1.165, 1.54) is 16.4 Å². The third-order valence-electron chi connectivity index (χ3n) is 5.65. The van der Waals surface area contributed by atoms with Gasteiger partial charge in [0.15, 0.2) is 0 Å². The molecular weight excluding hydrogens is 448 g/mol. The first-order valence-electron chi connectivity index (χ1n) is 11.4. The summed E-state index contributed by atoms with van der Waals surface area (Å²) in [6, 6.07) is 21.3. The summed E-state index contributed by atoms with van der Waals surface area (Å²) in [5, 5.41) is 2.88. The molecule has 1 aromatic heterocycles. The van der Waals surface area contributed by atoms with Gasteiger partial charge < -0.3 is 10.3 Å². The molecule has 1 heterocycles. The first-order valence-corrected chi connectivity index (χ1v) is 12.8. The highest BCUT2D eigenvalue weighted by Gasteiger charge is 2.22. The summed E-state index contributed by atoms with van der Waals surface area (Å²) in [4.78, 5) is 20.9. The van der Waals surface area contributed by atoms with Crippen molar-refractivity contribution in [3.8, 4) is 11.4 Å². The van der Waals surface area contributed by atoms with Crippen molar-refractivity contribution >= 4 is 32.7 Å². The average molecular weight is 477 g/mol. The molecule has 0 saturated heterocycles. The fourth-order valence-corrected chi connectivity index (χ4v) is 5.23. The molecule has 0 atom stereocenters. The number of unbranched alkanes of at least 4 members (excludes halogenated alkanes) is 1. The lowest BCUT2D eigenvalue weighted by Crippen LogP contribution is -2.31. The number of carbonyl (C=O) groups is 1. The predicted octanol–water partition coefficient (Wildman–Crippen LogP) is 5.29. The van der Waals surface area contributed by atoms with Crippen LogP contribution in [0.5, 0.6) is 0 Å². The molecule has 0 spiro atoms. The zero-order chi connectivity index (χ0) is 24.1. The molecule has 0 unspecified atom stereocenters. The van der Waals surface area contributed by atoms with E-state index in [9.17, 15) is 13.2 Å². The second kappa shape index (κ2) is 10.2. The molecule has 4 rings (SSSR count). The number of fused-ring (bicyclic) bond motifs is 1. The van der Waals surface area contributed by atoms with Crippen LogP contribution in [0.1, 0.15) is 37.0 Å². The minimum atomic E-state index is -3.58. The van der Waals surface area contributed by atoms with E-state index in [2.05, 4.69) is 15.3 Å². The zero-order valence-corrected chi connectivity index (χ0v) is 20.1. The fraction of sp³-hybridized carbons (Fsp3) is 0.231. The topological polar surface area (TPSA) is 95.2 Å². The van der Waals surface area contributed by atoms with Crippen LogP contribution in [0.4, 0.5) is 5.69 Å². The summed E-state index contributed by atoms with van der Waals surface area (Å²) in [6.45, 7) is 4.75. The number of amides is 1. The third kappa shape index (κ3) is 5.03. The molecule has 0 aliphatic carbocycles. The number of anilines is 1. The number of H-pyrrole nitrogens is 1. The van der Waals surface area contributed by atoms with Crippen LogP contribution in [0.3, 0.4) is 0 Å². The summed E-state index contributed by atoms with van der Waals surface area (Å²) >= 11 is 0. The fourth-order valence-electron chi connectivity index (χ4n) is 3.75. The van der Waals surface area contributed by atoms with Crippen LogP contribution >= 0.6 is 0 Å². The van der Waals surface area contributed by atoms with E-state index in [0.29, 0.717) is 24.3 Å². The van der Waals surface area contributed by atoms with Crippen LogP contribution in [0.15, 0.2) is 77.7 Å². The molecule has 0 bridgehead atoms. The van der Waals surface area contributed by atoms with E-state index < -0.39 is 10.0 Å². The summed E-state index contributed by atoms with van der Waals surface area (Å²) in [6.07, 6.45) is 1.73. The number of rotatable bonds is 9. The first-order chi connectivity index (χ1) is 16.4. The molecule has 0 saturated carbocycles. The second-order valence-electron chi connectivity index (χ2n) is 8.01. The number of carbonyl (C=O) groups excluding carboxylic acids is 1. The number of para-hydroxylation sites is 2. The molecule has 3 aromatic carbocycles. The number of hydrogen-bond acceptors (Lipinski definition) is 4. The number of nitrogens with zero attached hydrogens (tertiary/aromatic N) is 2. The Morgan fingerprint density at radius 2 is 1.76 bits per heavy atom. The van der Waals surface area contributed by atoms with Crippen molar-refractivity contribution in [3.05, 3.63) is 78.4 Å². The molecule has 7 nitrogen and oxygen atoms in total. The number of hydrogen-bond donors (Lipinski definition) is 2. The molecule has 176 valence electrons. The van der Waals surface area contributed by atoms with Gasteiger partial charge >= 0.3 is 0 Å². The minimum Gasteiger partial charge on any atom is -0.338 e. The van der Waals surface area contributed by atoms with Gasteiger partial charge in [0.2, 0.25) is 10.0 Å². The largest absolute Gasteiger partial charge is 0.338 e. The Labute approximate surface area is 199 Å². The Morgan fingerprint density at radius 1 is 1.00 bits per heavy atom. The lowest BCUT2D eigenvalue weighted by Gasteiger charge is -2.20. The molecular formula is C26H28N4O3S. The van der Waals surface area contributed by atoms with Gasteiger partial charge in [0.25, 0.3) is 5.91 Å². The van der Waals surface area contributed by atoms with Gasteiger partial charge in [-0.15, -0.1) is 0 Å². The van der Waals surface area contributed by atoms with Gasteiger partial charge in [0.1, 0.15) is 5.82 Å².